The fraction of sp³-hybridized carbons (Fsp3) is 0.194. The second kappa shape index (κ2) is 9.26. The molecule has 0 saturated heterocycles. The van der Waals surface area contributed by atoms with Crippen LogP contribution in [0.2, 0.25) is 10.0 Å². The van der Waals surface area contributed by atoms with Gasteiger partial charge in [-0.1, -0.05) is 41.4 Å². The number of anilines is 3. The molecule has 4 aromatic carbocycles. The summed E-state index contributed by atoms with van der Waals surface area (Å²) in [6.07, 6.45) is 0. The average molecular weight is 545 g/mol. The highest BCUT2D eigenvalue weighted by Crippen LogP contribution is 2.57. The largest absolute Gasteiger partial charge is 0.456 e. The van der Waals surface area contributed by atoms with Gasteiger partial charge in [0.15, 0.2) is 5.60 Å². The molecule has 5 nitrogen and oxygen atoms in total. The smallest absolute Gasteiger partial charge is 0.340 e. The molecule has 1 atom stereocenters. The molecule has 0 N–H and O–H groups in total. The Labute approximate surface area is 232 Å². The first-order chi connectivity index (χ1) is 18.4. The summed E-state index contributed by atoms with van der Waals surface area (Å²) < 4.78 is 12.8. The van der Waals surface area contributed by atoms with Gasteiger partial charge < -0.3 is 19.3 Å². The maximum atomic E-state index is 13.2. The minimum Gasteiger partial charge on any atom is -0.456 e. The Kier molecular flexibility index (Phi) is 6.01. The van der Waals surface area contributed by atoms with Crippen LogP contribution in [0.3, 0.4) is 0 Å². The van der Waals surface area contributed by atoms with Crippen molar-refractivity contribution in [3.8, 4) is 11.5 Å². The number of benzene rings is 4. The van der Waals surface area contributed by atoms with Gasteiger partial charge in [0.2, 0.25) is 0 Å². The Morgan fingerprint density at radius 3 is 2.21 bits per heavy atom. The third kappa shape index (κ3) is 3.64. The van der Waals surface area contributed by atoms with Crippen LogP contribution in [0.25, 0.3) is 0 Å². The zero-order valence-electron chi connectivity index (χ0n) is 21.3. The van der Waals surface area contributed by atoms with E-state index in [1.165, 1.54) is 0 Å². The van der Waals surface area contributed by atoms with Crippen molar-refractivity contribution in [2.75, 3.05) is 29.9 Å². The quantitative estimate of drug-likeness (QED) is 0.237. The van der Waals surface area contributed by atoms with E-state index < -0.39 is 5.60 Å². The lowest BCUT2D eigenvalue weighted by molar-refractivity contribution is 0.0224. The predicted molar refractivity (Wildman–Crippen MR) is 153 cm³/mol. The van der Waals surface area contributed by atoms with E-state index in [-0.39, 0.29) is 5.97 Å². The summed E-state index contributed by atoms with van der Waals surface area (Å²) in [6, 6.07) is 25.2. The molecule has 38 heavy (non-hydrogen) atoms. The van der Waals surface area contributed by atoms with Crippen molar-refractivity contribution in [3.63, 3.8) is 0 Å². The fourth-order valence-corrected chi connectivity index (χ4v) is 5.78. The number of carbonyl (C=O) groups is 1. The normalized spacial score (nSPS) is 16.8. The van der Waals surface area contributed by atoms with Crippen LogP contribution in [0.5, 0.6) is 11.5 Å². The third-order valence-corrected chi connectivity index (χ3v) is 8.22. The third-order valence-electron chi connectivity index (χ3n) is 7.49. The molecular formula is C31H26Cl2N2O3. The molecule has 7 heteroatoms. The van der Waals surface area contributed by atoms with Crippen LogP contribution in [0.4, 0.5) is 17.1 Å². The second-order valence-electron chi connectivity index (χ2n) is 9.41. The number of hydrogen-bond acceptors (Lipinski definition) is 5. The van der Waals surface area contributed by atoms with E-state index in [2.05, 4.69) is 24.8 Å². The Morgan fingerprint density at radius 2 is 1.45 bits per heavy atom. The number of fused-ring (bicyclic) bond motifs is 6. The van der Waals surface area contributed by atoms with E-state index in [1.54, 1.807) is 6.07 Å². The van der Waals surface area contributed by atoms with E-state index in [1.807, 2.05) is 78.7 Å². The van der Waals surface area contributed by atoms with Gasteiger partial charge in [-0.15, -0.1) is 0 Å². The average Bonchev–Trinajstić information content (AvgIpc) is 3.23. The summed E-state index contributed by atoms with van der Waals surface area (Å²) in [7, 11) is 1.95. The van der Waals surface area contributed by atoms with Gasteiger partial charge in [-0.3, -0.25) is 0 Å². The molecule has 6 rings (SSSR count). The number of rotatable bonds is 5. The molecule has 0 aromatic heterocycles. The van der Waals surface area contributed by atoms with Gasteiger partial charge in [0.05, 0.1) is 15.6 Å². The van der Waals surface area contributed by atoms with Crippen LogP contribution in [0, 0.1) is 0 Å². The number of hydrogen-bond donors (Lipinski definition) is 0. The van der Waals surface area contributed by atoms with Crippen molar-refractivity contribution in [2.24, 2.45) is 0 Å². The van der Waals surface area contributed by atoms with Gasteiger partial charge in [0, 0.05) is 60.0 Å². The standard InChI is InChI=1S/C31H26Cl2N2O3/c1-4-35(5-2)21-10-13-24-29(18-21)37-28-15-12-19(34(3)20-11-14-26(32)27(33)17-20)16-25(28)31(24)23-9-7-6-8-22(23)30(36)38-31/h6-18H,4-5H2,1-3H3. The van der Waals surface area contributed by atoms with Crippen LogP contribution in [-0.2, 0) is 10.3 Å². The Balaban J connectivity index is 1.55. The van der Waals surface area contributed by atoms with Crippen LogP contribution in [-0.4, -0.2) is 26.1 Å². The summed E-state index contributed by atoms with van der Waals surface area (Å²) >= 11 is 12.5. The minimum absolute atomic E-state index is 0.351. The molecule has 0 aliphatic carbocycles. The second-order valence-corrected chi connectivity index (χ2v) is 10.2. The Bertz CT molecular complexity index is 1580. The predicted octanol–water partition coefficient (Wildman–Crippen LogP) is 8.18. The van der Waals surface area contributed by atoms with Crippen molar-refractivity contribution in [2.45, 2.75) is 19.4 Å². The first-order valence-electron chi connectivity index (χ1n) is 12.6. The number of ether oxygens (including phenoxy) is 2. The van der Waals surface area contributed by atoms with Crippen molar-refractivity contribution in [1.29, 1.82) is 0 Å². The van der Waals surface area contributed by atoms with Crippen molar-refractivity contribution in [1.82, 2.24) is 0 Å². The minimum atomic E-state index is -1.13. The van der Waals surface area contributed by atoms with Gasteiger partial charge >= 0.3 is 5.97 Å². The zero-order chi connectivity index (χ0) is 26.6. The van der Waals surface area contributed by atoms with Crippen LogP contribution < -0.4 is 14.5 Å². The molecule has 2 heterocycles. The van der Waals surface area contributed by atoms with E-state index in [0.717, 1.165) is 46.8 Å². The summed E-state index contributed by atoms with van der Waals surface area (Å²) in [5.74, 6) is 0.970. The van der Waals surface area contributed by atoms with Crippen LogP contribution >= 0.6 is 23.2 Å². The number of halogens is 2. The Morgan fingerprint density at radius 1 is 0.737 bits per heavy atom. The van der Waals surface area contributed by atoms with Gasteiger partial charge in [-0.05, 0) is 68.4 Å². The molecule has 0 fully saturated rings. The number of esters is 1. The lowest BCUT2D eigenvalue weighted by Gasteiger charge is -2.38. The highest BCUT2D eigenvalue weighted by Gasteiger charge is 2.53. The zero-order valence-corrected chi connectivity index (χ0v) is 22.8. The summed E-state index contributed by atoms with van der Waals surface area (Å²) in [5, 5.41) is 0.974. The van der Waals surface area contributed by atoms with E-state index in [4.69, 9.17) is 32.7 Å². The lowest BCUT2D eigenvalue weighted by Crippen LogP contribution is -2.33. The summed E-state index contributed by atoms with van der Waals surface area (Å²) in [6.45, 7) is 6.00. The molecule has 1 spiro atoms. The molecule has 0 bridgehead atoms. The SMILES string of the molecule is CCN(CC)c1ccc2c(c1)Oc1ccc(N(C)c3ccc(Cl)c(Cl)c3)cc1C21OC(=O)c2ccccc21. The highest BCUT2D eigenvalue weighted by molar-refractivity contribution is 6.42. The van der Waals surface area contributed by atoms with Crippen LogP contribution in [0.15, 0.2) is 78.9 Å². The highest BCUT2D eigenvalue weighted by atomic mass is 35.5. The van der Waals surface area contributed by atoms with E-state index >= 15 is 0 Å². The molecule has 0 amide bonds. The maximum Gasteiger partial charge on any atom is 0.340 e. The van der Waals surface area contributed by atoms with Crippen molar-refractivity contribution >= 4 is 46.2 Å². The van der Waals surface area contributed by atoms with Crippen molar-refractivity contribution < 1.29 is 14.3 Å². The number of carbonyl (C=O) groups excluding carboxylic acids is 1. The van der Waals surface area contributed by atoms with Gasteiger partial charge in [-0.2, -0.15) is 0 Å². The molecule has 4 aromatic rings. The topological polar surface area (TPSA) is 42.0 Å². The van der Waals surface area contributed by atoms with E-state index in [0.29, 0.717) is 27.1 Å². The maximum absolute atomic E-state index is 13.2. The molecule has 0 saturated carbocycles. The molecular weight excluding hydrogens is 519 g/mol. The molecule has 1 unspecified atom stereocenters. The summed E-state index contributed by atoms with van der Waals surface area (Å²) in [5.41, 5.74) is 4.61. The first-order valence-corrected chi connectivity index (χ1v) is 13.4. The lowest BCUT2D eigenvalue weighted by atomic mass is 9.77. The van der Waals surface area contributed by atoms with Crippen LogP contribution in [0.1, 0.15) is 40.9 Å². The molecule has 0 radical (unpaired) electrons. The fourth-order valence-electron chi connectivity index (χ4n) is 5.49. The molecule has 2 aliphatic heterocycles. The summed E-state index contributed by atoms with van der Waals surface area (Å²) in [4.78, 5) is 17.5. The number of nitrogens with zero attached hydrogens (tertiary/aromatic N) is 2. The van der Waals surface area contributed by atoms with Gasteiger partial charge in [0.1, 0.15) is 11.5 Å². The monoisotopic (exact) mass is 544 g/mol. The van der Waals surface area contributed by atoms with Gasteiger partial charge in [-0.25, -0.2) is 4.79 Å². The molecule has 2 aliphatic rings. The van der Waals surface area contributed by atoms with E-state index in [9.17, 15) is 4.79 Å². The Hall–Kier alpha value is -3.67. The van der Waals surface area contributed by atoms with Gasteiger partial charge in [0.25, 0.3) is 0 Å². The molecule has 192 valence electrons. The first kappa shape index (κ1) is 24.7. The van der Waals surface area contributed by atoms with Crippen molar-refractivity contribution in [3.05, 3.63) is 111 Å².